The molecule has 1 aliphatic rings. The molecule has 0 spiro atoms. The van der Waals surface area contributed by atoms with Gasteiger partial charge in [0.1, 0.15) is 0 Å². The molecular formula is C12H21N3O2S. The lowest BCUT2D eigenvalue weighted by molar-refractivity contribution is 0.350. The van der Waals surface area contributed by atoms with Crippen molar-refractivity contribution in [3.8, 4) is 0 Å². The molecule has 0 radical (unpaired) electrons. The minimum Gasteiger partial charge on any atom is -0.330 e. The van der Waals surface area contributed by atoms with E-state index in [-0.39, 0.29) is 5.92 Å². The first kappa shape index (κ1) is 13.5. The third-order valence-corrected chi connectivity index (χ3v) is 5.59. The summed E-state index contributed by atoms with van der Waals surface area (Å²) in [6, 6.07) is 0. The fourth-order valence-electron chi connectivity index (χ4n) is 2.69. The van der Waals surface area contributed by atoms with Crippen molar-refractivity contribution in [2.24, 2.45) is 24.6 Å². The van der Waals surface area contributed by atoms with Gasteiger partial charge in [-0.3, -0.25) is 4.68 Å². The summed E-state index contributed by atoms with van der Waals surface area (Å²) < 4.78 is 24.8. The molecule has 0 amide bonds. The number of aryl methyl sites for hydroxylation is 2. The van der Waals surface area contributed by atoms with E-state index in [2.05, 4.69) is 5.10 Å². The van der Waals surface area contributed by atoms with Gasteiger partial charge >= 0.3 is 0 Å². The smallest absolute Gasteiger partial charge is 0.150 e. The van der Waals surface area contributed by atoms with Gasteiger partial charge in [-0.2, -0.15) is 5.10 Å². The van der Waals surface area contributed by atoms with Crippen molar-refractivity contribution in [1.29, 1.82) is 0 Å². The molecule has 1 aromatic heterocycles. The van der Waals surface area contributed by atoms with Crippen molar-refractivity contribution in [2.75, 3.05) is 18.1 Å². The van der Waals surface area contributed by atoms with E-state index in [4.69, 9.17) is 5.73 Å². The molecule has 1 saturated heterocycles. The molecule has 5 nitrogen and oxygen atoms in total. The molecule has 2 unspecified atom stereocenters. The van der Waals surface area contributed by atoms with E-state index in [9.17, 15) is 8.42 Å². The van der Waals surface area contributed by atoms with Crippen LogP contribution < -0.4 is 5.73 Å². The molecule has 6 heteroatoms. The van der Waals surface area contributed by atoms with E-state index in [1.54, 1.807) is 4.68 Å². The molecule has 0 saturated carbocycles. The van der Waals surface area contributed by atoms with Gasteiger partial charge in [-0.25, -0.2) is 8.42 Å². The van der Waals surface area contributed by atoms with Crippen molar-refractivity contribution in [3.05, 3.63) is 18.0 Å². The van der Waals surface area contributed by atoms with Crippen LogP contribution in [-0.4, -0.2) is 36.2 Å². The molecule has 0 bridgehead atoms. The summed E-state index contributed by atoms with van der Waals surface area (Å²) in [6.07, 6.45) is 6.50. The highest BCUT2D eigenvalue weighted by Gasteiger charge is 2.32. The van der Waals surface area contributed by atoms with E-state index < -0.39 is 9.84 Å². The standard InChI is InChI=1S/C12H21N3O2S/c1-15-8-10(7-14-15)2-3-11(6-13)12-4-5-18(16,17)9-12/h7-8,11-12H,2-6,9,13H2,1H3. The Morgan fingerprint density at radius 3 is 2.89 bits per heavy atom. The molecule has 2 heterocycles. The zero-order valence-electron chi connectivity index (χ0n) is 10.7. The van der Waals surface area contributed by atoms with Gasteiger partial charge in [0.05, 0.1) is 17.7 Å². The van der Waals surface area contributed by atoms with Gasteiger partial charge in [0.2, 0.25) is 0 Å². The van der Waals surface area contributed by atoms with Gasteiger partial charge in [0, 0.05) is 13.2 Å². The molecule has 0 aromatic carbocycles. The van der Waals surface area contributed by atoms with Crippen LogP contribution in [0.5, 0.6) is 0 Å². The van der Waals surface area contributed by atoms with Crippen LogP contribution in [0.15, 0.2) is 12.4 Å². The number of hydrogen-bond acceptors (Lipinski definition) is 4. The number of rotatable bonds is 5. The van der Waals surface area contributed by atoms with E-state index in [1.807, 2.05) is 19.4 Å². The molecule has 1 aromatic rings. The first-order chi connectivity index (χ1) is 8.50. The van der Waals surface area contributed by atoms with Crippen molar-refractivity contribution < 1.29 is 8.42 Å². The van der Waals surface area contributed by atoms with Crippen LogP contribution in [0.3, 0.4) is 0 Å². The molecule has 0 aliphatic carbocycles. The maximum atomic E-state index is 11.5. The van der Waals surface area contributed by atoms with E-state index in [1.165, 1.54) is 5.56 Å². The Morgan fingerprint density at radius 2 is 2.39 bits per heavy atom. The predicted molar refractivity (Wildman–Crippen MR) is 70.8 cm³/mol. The van der Waals surface area contributed by atoms with Crippen molar-refractivity contribution in [1.82, 2.24) is 9.78 Å². The van der Waals surface area contributed by atoms with E-state index in [0.29, 0.717) is 24.0 Å². The summed E-state index contributed by atoms with van der Waals surface area (Å²) in [6.45, 7) is 0.570. The molecule has 1 fully saturated rings. The Morgan fingerprint density at radius 1 is 1.61 bits per heavy atom. The van der Waals surface area contributed by atoms with Crippen molar-refractivity contribution in [3.63, 3.8) is 0 Å². The lowest BCUT2D eigenvalue weighted by atomic mass is 9.87. The van der Waals surface area contributed by atoms with Gasteiger partial charge in [-0.1, -0.05) is 0 Å². The summed E-state index contributed by atoms with van der Waals surface area (Å²) in [7, 11) is -0.905. The zero-order valence-corrected chi connectivity index (χ0v) is 11.6. The molecule has 2 N–H and O–H groups in total. The summed E-state index contributed by atoms with van der Waals surface area (Å²) in [5.74, 6) is 1.21. The fraction of sp³-hybridized carbons (Fsp3) is 0.750. The Kier molecular flexibility index (Phi) is 4.07. The lowest BCUT2D eigenvalue weighted by Crippen LogP contribution is -2.25. The molecule has 18 heavy (non-hydrogen) atoms. The van der Waals surface area contributed by atoms with Crippen LogP contribution in [0.4, 0.5) is 0 Å². The van der Waals surface area contributed by atoms with Gasteiger partial charge in [-0.15, -0.1) is 0 Å². The largest absolute Gasteiger partial charge is 0.330 e. The summed E-state index contributed by atoms with van der Waals surface area (Å²) in [5.41, 5.74) is 6.99. The normalized spacial score (nSPS) is 24.2. The highest BCUT2D eigenvalue weighted by Crippen LogP contribution is 2.28. The second-order valence-corrected chi connectivity index (χ2v) is 7.45. The molecule has 2 atom stereocenters. The Bertz CT molecular complexity index is 495. The second kappa shape index (κ2) is 5.40. The monoisotopic (exact) mass is 271 g/mol. The van der Waals surface area contributed by atoms with Crippen molar-refractivity contribution in [2.45, 2.75) is 19.3 Å². The van der Waals surface area contributed by atoms with Crippen LogP contribution in [0.2, 0.25) is 0 Å². The Balaban J connectivity index is 1.90. The van der Waals surface area contributed by atoms with Crippen molar-refractivity contribution >= 4 is 9.84 Å². The fourth-order valence-corrected chi connectivity index (χ4v) is 4.61. The number of aromatic nitrogens is 2. The molecule has 1 aliphatic heterocycles. The first-order valence-electron chi connectivity index (χ1n) is 6.38. The average molecular weight is 271 g/mol. The molecule has 102 valence electrons. The van der Waals surface area contributed by atoms with Crippen LogP contribution >= 0.6 is 0 Å². The number of nitrogens with two attached hydrogens (primary N) is 1. The van der Waals surface area contributed by atoms with Crippen LogP contribution in [0.1, 0.15) is 18.4 Å². The minimum atomic E-state index is -2.80. The summed E-state index contributed by atoms with van der Waals surface area (Å²) in [5, 5.41) is 4.13. The predicted octanol–water partition coefficient (Wildman–Crippen LogP) is 0.362. The molecular weight excluding hydrogens is 250 g/mol. The maximum Gasteiger partial charge on any atom is 0.150 e. The number of hydrogen-bond donors (Lipinski definition) is 1. The minimum absolute atomic E-state index is 0.247. The third-order valence-electron chi connectivity index (χ3n) is 3.80. The third kappa shape index (κ3) is 3.32. The van der Waals surface area contributed by atoms with Gasteiger partial charge in [0.15, 0.2) is 9.84 Å². The second-order valence-electron chi connectivity index (χ2n) is 5.22. The van der Waals surface area contributed by atoms with Gasteiger partial charge in [0.25, 0.3) is 0 Å². The lowest BCUT2D eigenvalue weighted by Gasteiger charge is -2.20. The first-order valence-corrected chi connectivity index (χ1v) is 8.20. The SMILES string of the molecule is Cn1cc(CCC(CN)C2CCS(=O)(=O)C2)cn1. The Hall–Kier alpha value is -0.880. The van der Waals surface area contributed by atoms with Gasteiger partial charge in [-0.05, 0) is 43.2 Å². The number of sulfone groups is 1. The maximum absolute atomic E-state index is 11.5. The quantitative estimate of drug-likeness (QED) is 0.839. The van der Waals surface area contributed by atoms with Crippen LogP contribution in [0.25, 0.3) is 0 Å². The highest BCUT2D eigenvalue weighted by atomic mass is 32.2. The summed E-state index contributed by atoms with van der Waals surface area (Å²) >= 11 is 0. The van der Waals surface area contributed by atoms with Crippen LogP contribution in [0, 0.1) is 11.8 Å². The molecule has 2 rings (SSSR count). The van der Waals surface area contributed by atoms with Crippen LogP contribution in [-0.2, 0) is 23.3 Å². The topological polar surface area (TPSA) is 78.0 Å². The Labute approximate surface area is 108 Å². The average Bonchev–Trinajstić information content (AvgIpc) is 2.86. The summed E-state index contributed by atoms with van der Waals surface area (Å²) in [4.78, 5) is 0. The van der Waals surface area contributed by atoms with E-state index in [0.717, 1.165) is 19.3 Å². The highest BCUT2D eigenvalue weighted by molar-refractivity contribution is 7.91. The van der Waals surface area contributed by atoms with E-state index >= 15 is 0 Å². The zero-order chi connectivity index (χ0) is 13.2. The number of nitrogens with zero attached hydrogens (tertiary/aromatic N) is 2. The van der Waals surface area contributed by atoms with Gasteiger partial charge < -0.3 is 5.73 Å².